The minimum absolute atomic E-state index is 0.0565. The average molecular weight is 507 g/mol. The van der Waals surface area contributed by atoms with Crippen LogP contribution in [0.3, 0.4) is 0 Å². The van der Waals surface area contributed by atoms with Gasteiger partial charge < -0.3 is 39.4 Å². The number of benzene rings is 4. The fourth-order valence-electron chi connectivity index (χ4n) is 4.39. The summed E-state index contributed by atoms with van der Waals surface area (Å²) in [4.78, 5) is 0. The Hall–Kier alpha value is -3.24. The van der Waals surface area contributed by atoms with E-state index in [1.165, 1.54) is 0 Å². The van der Waals surface area contributed by atoms with Crippen molar-refractivity contribution in [3.63, 3.8) is 0 Å². The van der Waals surface area contributed by atoms with Crippen molar-refractivity contribution in [2.75, 3.05) is 19.8 Å². The molecule has 0 spiro atoms. The van der Waals surface area contributed by atoms with Crippen LogP contribution in [0.2, 0.25) is 0 Å². The lowest BCUT2D eigenvalue weighted by atomic mass is 9.99. The highest BCUT2D eigenvalue weighted by Gasteiger charge is 2.45. The Bertz CT molecular complexity index is 1240. The fourth-order valence-corrected chi connectivity index (χ4v) is 4.39. The van der Waals surface area contributed by atoms with Crippen molar-refractivity contribution in [2.45, 2.75) is 36.8 Å². The summed E-state index contributed by atoms with van der Waals surface area (Å²) in [5, 5.41) is 44.4. The highest BCUT2D eigenvalue weighted by Crippen LogP contribution is 2.26. The Morgan fingerprint density at radius 1 is 0.649 bits per heavy atom. The second-order valence-electron chi connectivity index (χ2n) is 9.10. The second-order valence-corrected chi connectivity index (χ2v) is 9.10. The molecule has 0 radical (unpaired) electrons. The molecule has 0 saturated carbocycles. The van der Waals surface area contributed by atoms with Crippen LogP contribution in [0.1, 0.15) is 0 Å². The standard InChI is InChI=1S/C29H30O8/c30-15-25-26(31)27(32)28(33)29(37-25)36-24(16-34-22-11-9-18-5-1-3-7-20(18)13-22)17-35-23-12-10-19-6-2-4-8-21(19)14-23/h1-14,24-33H,15-17H2/t25-,26-,27+,28+,29+/m1/s1. The first-order valence-electron chi connectivity index (χ1n) is 12.2. The number of rotatable bonds is 9. The van der Waals surface area contributed by atoms with Crippen molar-refractivity contribution >= 4 is 21.5 Å². The molecule has 5 atom stereocenters. The van der Waals surface area contributed by atoms with Gasteiger partial charge in [0.25, 0.3) is 0 Å². The average Bonchev–Trinajstić information content (AvgIpc) is 2.94. The molecule has 1 aliphatic heterocycles. The summed E-state index contributed by atoms with van der Waals surface area (Å²) in [5.74, 6) is 1.26. The van der Waals surface area contributed by atoms with Gasteiger partial charge in [0.05, 0.1) is 6.61 Å². The summed E-state index contributed by atoms with van der Waals surface area (Å²) in [5.41, 5.74) is 0. The zero-order valence-electron chi connectivity index (χ0n) is 20.1. The molecule has 0 amide bonds. The van der Waals surface area contributed by atoms with E-state index in [9.17, 15) is 20.4 Å². The molecule has 0 aromatic heterocycles. The van der Waals surface area contributed by atoms with E-state index in [1.54, 1.807) is 0 Å². The van der Waals surface area contributed by atoms with Gasteiger partial charge in [0, 0.05) is 0 Å². The normalized spacial score (nSPS) is 24.0. The molecular weight excluding hydrogens is 476 g/mol. The van der Waals surface area contributed by atoms with Gasteiger partial charge in [-0.05, 0) is 45.8 Å². The molecule has 4 aromatic carbocycles. The van der Waals surface area contributed by atoms with Crippen LogP contribution < -0.4 is 9.47 Å². The largest absolute Gasteiger partial charge is 0.491 e. The van der Waals surface area contributed by atoms with Gasteiger partial charge in [-0.15, -0.1) is 0 Å². The Labute approximate surface area is 214 Å². The third kappa shape index (κ3) is 5.86. The van der Waals surface area contributed by atoms with Crippen LogP contribution in [0.15, 0.2) is 84.9 Å². The maximum absolute atomic E-state index is 10.5. The quantitative estimate of drug-likeness (QED) is 0.274. The van der Waals surface area contributed by atoms with E-state index in [0.29, 0.717) is 11.5 Å². The van der Waals surface area contributed by atoms with Gasteiger partial charge in [-0.25, -0.2) is 0 Å². The Kier molecular flexibility index (Phi) is 7.85. The fraction of sp³-hybridized carbons (Fsp3) is 0.310. The molecule has 8 heteroatoms. The highest BCUT2D eigenvalue weighted by atomic mass is 16.7. The maximum atomic E-state index is 10.5. The summed E-state index contributed by atoms with van der Waals surface area (Å²) in [6, 6.07) is 27.3. The van der Waals surface area contributed by atoms with Gasteiger partial charge in [0.2, 0.25) is 0 Å². The lowest BCUT2D eigenvalue weighted by molar-refractivity contribution is -0.314. The predicted octanol–water partition coefficient (Wildman–Crippen LogP) is 2.64. The summed E-state index contributed by atoms with van der Waals surface area (Å²) >= 11 is 0. The summed E-state index contributed by atoms with van der Waals surface area (Å²) < 4.78 is 23.5. The van der Waals surface area contributed by atoms with Crippen molar-refractivity contribution in [1.82, 2.24) is 0 Å². The van der Waals surface area contributed by atoms with Crippen molar-refractivity contribution in [2.24, 2.45) is 0 Å². The van der Waals surface area contributed by atoms with Crippen LogP contribution in [0.25, 0.3) is 21.5 Å². The number of ether oxygens (including phenoxy) is 4. The molecule has 8 nitrogen and oxygen atoms in total. The van der Waals surface area contributed by atoms with Crippen LogP contribution in [-0.2, 0) is 9.47 Å². The molecule has 1 fully saturated rings. The number of hydrogen-bond donors (Lipinski definition) is 4. The highest BCUT2D eigenvalue weighted by molar-refractivity contribution is 5.84. The van der Waals surface area contributed by atoms with Gasteiger partial charge in [-0.3, -0.25) is 0 Å². The number of hydrogen-bond acceptors (Lipinski definition) is 8. The van der Waals surface area contributed by atoms with Crippen LogP contribution >= 0.6 is 0 Å². The first-order chi connectivity index (χ1) is 18.0. The van der Waals surface area contributed by atoms with E-state index < -0.39 is 43.4 Å². The Morgan fingerprint density at radius 3 is 1.68 bits per heavy atom. The van der Waals surface area contributed by atoms with Crippen molar-refractivity contribution in [3.05, 3.63) is 84.9 Å². The van der Waals surface area contributed by atoms with Gasteiger partial charge >= 0.3 is 0 Å². The third-order valence-corrected chi connectivity index (χ3v) is 6.49. The monoisotopic (exact) mass is 506 g/mol. The van der Waals surface area contributed by atoms with E-state index in [0.717, 1.165) is 21.5 Å². The molecule has 37 heavy (non-hydrogen) atoms. The predicted molar refractivity (Wildman–Crippen MR) is 138 cm³/mol. The molecule has 0 aliphatic carbocycles. The molecule has 4 N–H and O–H groups in total. The van der Waals surface area contributed by atoms with Gasteiger partial charge in [-0.2, -0.15) is 0 Å². The third-order valence-electron chi connectivity index (χ3n) is 6.49. The lowest BCUT2D eigenvalue weighted by Crippen LogP contribution is -2.60. The molecule has 0 bridgehead atoms. The van der Waals surface area contributed by atoms with Crippen LogP contribution in [0.4, 0.5) is 0 Å². The second kappa shape index (κ2) is 11.4. The van der Waals surface area contributed by atoms with Gasteiger partial charge in [-0.1, -0.05) is 60.7 Å². The minimum atomic E-state index is -1.54. The zero-order valence-corrected chi connectivity index (χ0v) is 20.1. The molecule has 194 valence electrons. The molecule has 1 heterocycles. The molecular formula is C29H30O8. The minimum Gasteiger partial charge on any atom is -0.491 e. The molecule has 1 saturated heterocycles. The Balaban J connectivity index is 1.31. The van der Waals surface area contributed by atoms with Gasteiger partial charge in [0.15, 0.2) is 6.29 Å². The molecule has 0 unspecified atom stereocenters. The van der Waals surface area contributed by atoms with E-state index in [4.69, 9.17) is 18.9 Å². The number of fused-ring (bicyclic) bond motifs is 2. The SMILES string of the molecule is OC[C@H]1O[C@H](OC(COc2ccc3ccccc3c2)COc2ccc3ccccc3c2)[C@@H](O)[C@@H](O)[C@@H]1O. The van der Waals surface area contributed by atoms with Crippen molar-refractivity contribution in [1.29, 1.82) is 0 Å². The lowest BCUT2D eigenvalue weighted by Gasteiger charge is -2.40. The Morgan fingerprint density at radius 2 is 1.16 bits per heavy atom. The first-order valence-corrected chi connectivity index (χ1v) is 12.2. The van der Waals surface area contributed by atoms with Crippen LogP contribution in [0, 0.1) is 0 Å². The molecule has 1 aliphatic rings. The van der Waals surface area contributed by atoms with Gasteiger partial charge in [0.1, 0.15) is 55.2 Å². The van der Waals surface area contributed by atoms with E-state index >= 15 is 0 Å². The number of aliphatic hydroxyl groups is 4. The maximum Gasteiger partial charge on any atom is 0.187 e. The van der Waals surface area contributed by atoms with E-state index in [2.05, 4.69) is 0 Å². The summed E-state index contributed by atoms with van der Waals surface area (Å²) in [6.45, 7) is -0.432. The topological polar surface area (TPSA) is 118 Å². The summed E-state index contributed by atoms with van der Waals surface area (Å²) in [6.07, 6.45) is -7.64. The van der Waals surface area contributed by atoms with E-state index in [1.807, 2.05) is 84.9 Å². The first kappa shape index (κ1) is 25.4. The van der Waals surface area contributed by atoms with Crippen LogP contribution in [0.5, 0.6) is 11.5 Å². The molecule has 5 rings (SSSR count). The van der Waals surface area contributed by atoms with E-state index in [-0.39, 0.29) is 13.2 Å². The zero-order chi connectivity index (χ0) is 25.8. The molecule has 4 aromatic rings. The summed E-state index contributed by atoms with van der Waals surface area (Å²) in [7, 11) is 0. The van der Waals surface area contributed by atoms with Crippen molar-refractivity contribution < 1.29 is 39.4 Å². The number of aliphatic hydroxyl groups excluding tert-OH is 4. The smallest absolute Gasteiger partial charge is 0.187 e. The van der Waals surface area contributed by atoms with Crippen molar-refractivity contribution in [3.8, 4) is 11.5 Å². The van der Waals surface area contributed by atoms with Crippen LogP contribution in [-0.4, -0.2) is 77.1 Å².